The second-order valence-electron chi connectivity index (χ2n) is 3.92. The number of hydrogen-bond acceptors (Lipinski definition) is 3. The van der Waals surface area contributed by atoms with Crippen LogP contribution in [0.4, 0.5) is 5.69 Å². The smallest absolute Gasteiger partial charge is 0.299 e. The zero-order valence-electron chi connectivity index (χ0n) is 10.3. The third kappa shape index (κ3) is 5.19. The highest BCUT2D eigenvalue weighted by atomic mass is 32.2. The number of benzene rings is 1. The monoisotopic (exact) mass is 268 g/mol. The van der Waals surface area contributed by atoms with Crippen molar-refractivity contribution in [1.29, 1.82) is 0 Å². The van der Waals surface area contributed by atoms with E-state index in [1.165, 1.54) is 0 Å². The van der Waals surface area contributed by atoms with E-state index in [4.69, 9.17) is 5.11 Å². The van der Waals surface area contributed by atoms with Crippen molar-refractivity contribution in [3.63, 3.8) is 0 Å². The van der Waals surface area contributed by atoms with E-state index in [1.54, 1.807) is 38.1 Å². The van der Waals surface area contributed by atoms with Gasteiger partial charge in [0, 0.05) is 17.3 Å². The summed E-state index contributed by atoms with van der Waals surface area (Å²) in [5.74, 6) is 5.24. The Morgan fingerprint density at radius 3 is 2.39 bits per heavy atom. The minimum Gasteiger partial charge on any atom is -0.384 e. The maximum absolute atomic E-state index is 11.6. The average Bonchev–Trinajstić information content (AvgIpc) is 2.26. The molecule has 6 heteroatoms. The van der Waals surface area contributed by atoms with Gasteiger partial charge in [-0.2, -0.15) is 13.1 Å². The second kappa shape index (κ2) is 6.40. The zero-order chi connectivity index (χ0) is 13.6. The summed E-state index contributed by atoms with van der Waals surface area (Å²) in [5.41, 5.74) is 1.17. The molecule has 0 spiro atoms. The van der Waals surface area contributed by atoms with Crippen molar-refractivity contribution in [2.24, 2.45) is 0 Å². The van der Waals surface area contributed by atoms with Crippen LogP contribution in [0, 0.1) is 11.8 Å². The van der Waals surface area contributed by atoms with E-state index in [0.29, 0.717) is 11.3 Å². The molecule has 3 N–H and O–H groups in total. The lowest BCUT2D eigenvalue weighted by atomic mass is 10.2. The van der Waals surface area contributed by atoms with Crippen molar-refractivity contribution < 1.29 is 13.5 Å². The van der Waals surface area contributed by atoms with Gasteiger partial charge in [0.25, 0.3) is 10.2 Å². The lowest BCUT2D eigenvalue weighted by molar-refractivity contribution is 0.350. The van der Waals surface area contributed by atoms with E-state index in [-0.39, 0.29) is 12.6 Å². The van der Waals surface area contributed by atoms with Gasteiger partial charge in [-0.3, -0.25) is 4.72 Å². The van der Waals surface area contributed by atoms with E-state index >= 15 is 0 Å². The van der Waals surface area contributed by atoms with Crippen LogP contribution >= 0.6 is 0 Å². The van der Waals surface area contributed by atoms with Crippen LogP contribution in [-0.2, 0) is 10.2 Å². The zero-order valence-corrected chi connectivity index (χ0v) is 11.1. The van der Waals surface area contributed by atoms with Gasteiger partial charge in [0.1, 0.15) is 6.61 Å². The number of hydrogen-bond donors (Lipinski definition) is 3. The van der Waals surface area contributed by atoms with Gasteiger partial charge in [0.05, 0.1) is 0 Å². The largest absolute Gasteiger partial charge is 0.384 e. The van der Waals surface area contributed by atoms with E-state index in [9.17, 15) is 8.42 Å². The first-order valence-corrected chi connectivity index (χ1v) is 6.91. The highest BCUT2D eigenvalue weighted by Crippen LogP contribution is 2.10. The molecule has 1 rings (SSSR count). The molecule has 0 fully saturated rings. The fourth-order valence-corrected chi connectivity index (χ4v) is 2.38. The van der Waals surface area contributed by atoms with Gasteiger partial charge in [-0.25, -0.2) is 0 Å². The fourth-order valence-electron chi connectivity index (χ4n) is 1.26. The van der Waals surface area contributed by atoms with Crippen molar-refractivity contribution in [2.75, 3.05) is 11.3 Å². The molecule has 0 amide bonds. The van der Waals surface area contributed by atoms with Crippen LogP contribution in [0.5, 0.6) is 0 Å². The third-order valence-electron chi connectivity index (χ3n) is 1.84. The van der Waals surface area contributed by atoms with Crippen LogP contribution < -0.4 is 9.44 Å². The summed E-state index contributed by atoms with van der Waals surface area (Å²) in [7, 11) is -3.54. The molecule has 0 aliphatic heterocycles. The molecule has 0 radical (unpaired) electrons. The Morgan fingerprint density at radius 1 is 1.28 bits per heavy atom. The van der Waals surface area contributed by atoms with Crippen LogP contribution in [0.15, 0.2) is 24.3 Å². The molecule has 0 aliphatic carbocycles. The van der Waals surface area contributed by atoms with Gasteiger partial charge < -0.3 is 5.11 Å². The molecule has 0 bridgehead atoms. The lowest BCUT2D eigenvalue weighted by Gasteiger charge is -2.11. The molecule has 0 aliphatic rings. The molecular formula is C12H16N2O3S. The van der Waals surface area contributed by atoms with E-state index < -0.39 is 10.2 Å². The Morgan fingerprint density at radius 2 is 1.89 bits per heavy atom. The summed E-state index contributed by atoms with van der Waals surface area (Å²) >= 11 is 0. The molecule has 98 valence electrons. The molecule has 0 atom stereocenters. The van der Waals surface area contributed by atoms with E-state index in [2.05, 4.69) is 21.3 Å². The van der Waals surface area contributed by atoms with Crippen molar-refractivity contribution in [1.82, 2.24) is 4.72 Å². The highest BCUT2D eigenvalue weighted by molar-refractivity contribution is 7.90. The van der Waals surface area contributed by atoms with Gasteiger partial charge >= 0.3 is 0 Å². The fraction of sp³-hybridized carbons (Fsp3) is 0.333. The maximum Gasteiger partial charge on any atom is 0.299 e. The minimum absolute atomic E-state index is 0.169. The topological polar surface area (TPSA) is 78.4 Å². The van der Waals surface area contributed by atoms with Crippen LogP contribution in [-0.4, -0.2) is 26.2 Å². The number of rotatable bonds is 4. The van der Waals surface area contributed by atoms with Crippen LogP contribution in [0.1, 0.15) is 19.4 Å². The molecule has 18 heavy (non-hydrogen) atoms. The summed E-state index contributed by atoms with van der Waals surface area (Å²) in [6.07, 6.45) is 0. The molecule has 0 unspecified atom stereocenters. The molecule has 0 saturated heterocycles. The Kier molecular flexibility index (Phi) is 5.16. The Bertz CT molecular complexity index is 539. The molecule has 1 aromatic rings. The van der Waals surface area contributed by atoms with Crippen molar-refractivity contribution >= 4 is 15.9 Å². The summed E-state index contributed by atoms with van der Waals surface area (Å²) in [6.45, 7) is 3.28. The summed E-state index contributed by atoms with van der Waals surface area (Å²) in [6, 6.07) is 6.41. The molecule has 1 aromatic carbocycles. The van der Waals surface area contributed by atoms with Crippen LogP contribution in [0.2, 0.25) is 0 Å². The molecular weight excluding hydrogens is 252 g/mol. The van der Waals surface area contributed by atoms with Crippen LogP contribution in [0.3, 0.4) is 0 Å². The first-order chi connectivity index (χ1) is 8.43. The minimum atomic E-state index is -3.54. The molecule has 0 heterocycles. The van der Waals surface area contributed by atoms with Crippen molar-refractivity contribution in [3.8, 4) is 11.8 Å². The normalized spacial score (nSPS) is 10.9. The Labute approximate surface area is 107 Å². The summed E-state index contributed by atoms with van der Waals surface area (Å²) in [5, 5.41) is 8.55. The van der Waals surface area contributed by atoms with Gasteiger partial charge in [-0.05, 0) is 38.1 Å². The highest BCUT2D eigenvalue weighted by Gasteiger charge is 2.10. The van der Waals surface area contributed by atoms with Crippen LogP contribution in [0.25, 0.3) is 0 Å². The number of anilines is 1. The Hall–Kier alpha value is -1.55. The second-order valence-corrected chi connectivity index (χ2v) is 5.36. The predicted molar refractivity (Wildman–Crippen MR) is 71.2 cm³/mol. The standard InChI is InChI=1S/C12H16N2O3S/c1-10(2)13-18(16,17)14-12-7-5-11(6-8-12)4-3-9-15/h5-8,10,13-15H,9H2,1-2H3. The quantitative estimate of drug-likeness (QED) is 0.703. The van der Waals surface area contributed by atoms with E-state index in [1.807, 2.05) is 0 Å². The van der Waals surface area contributed by atoms with Gasteiger partial charge in [-0.15, -0.1) is 0 Å². The molecule has 0 aromatic heterocycles. The molecule has 0 saturated carbocycles. The average molecular weight is 268 g/mol. The summed E-state index contributed by atoms with van der Waals surface area (Å²) < 4.78 is 28.0. The SMILES string of the molecule is CC(C)NS(=O)(=O)Nc1ccc(C#CCO)cc1. The third-order valence-corrected chi connectivity index (χ3v) is 3.13. The van der Waals surface area contributed by atoms with E-state index in [0.717, 1.165) is 0 Å². The van der Waals surface area contributed by atoms with Gasteiger partial charge in [-0.1, -0.05) is 11.8 Å². The van der Waals surface area contributed by atoms with Gasteiger partial charge in [0.2, 0.25) is 0 Å². The Balaban J connectivity index is 2.75. The maximum atomic E-state index is 11.6. The number of aliphatic hydroxyl groups excluding tert-OH is 1. The first kappa shape index (κ1) is 14.5. The lowest BCUT2D eigenvalue weighted by Crippen LogP contribution is -2.35. The van der Waals surface area contributed by atoms with Crippen molar-refractivity contribution in [3.05, 3.63) is 29.8 Å². The molecule has 5 nitrogen and oxygen atoms in total. The van der Waals surface area contributed by atoms with Gasteiger partial charge in [0.15, 0.2) is 0 Å². The summed E-state index contributed by atoms with van der Waals surface area (Å²) in [4.78, 5) is 0. The first-order valence-electron chi connectivity index (χ1n) is 5.43. The number of aliphatic hydroxyl groups is 1. The predicted octanol–water partition coefficient (Wildman–Crippen LogP) is 0.685. The van der Waals surface area contributed by atoms with Crippen molar-refractivity contribution in [2.45, 2.75) is 19.9 Å². The number of nitrogens with one attached hydrogen (secondary N) is 2.